The summed E-state index contributed by atoms with van der Waals surface area (Å²) in [6.07, 6.45) is 0. The van der Waals surface area contributed by atoms with Gasteiger partial charge in [-0.3, -0.25) is 0 Å². The number of benzene rings is 2. The fourth-order valence-electron chi connectivity index (χ4n) is 4.83. The van der Waals surface area contributed by atoms with E-state index in [2.05, 4.69) is 5.16 Å². The second kappa shape index (κ2) is 11.6. The maximum Gasteiger partial charge on any atom is 0.141 e. The predicted octanol–water partition coefficient (Wildman–Crippen LogP) is 8.52. The lowest BCUT2D eigenvalue weighted by molar-refractivity contribution is 0.393. The summed E-state index contributed by atoms with van der Waals surface area (Å²) in [4.78, 5) is 0. The molecule has 3 N–H and O–H groups in total. The zero-order chi connectivity index (χ0) is 27.5. The SMILES string of the molecule is CC(=N)/C(=C(/C)N)c1ccc(C)c(C(C)C)c1F.Cc1cc(-c2c(C)noc2C)cc(F)c1C(C)C. The average Bonchev–Trinajstić information content (AvgIpc) is 3.07. The number of rotatable bonds is 5. The molecule has 0 saturated heterocycles. The van der Waals surface area contributed by atoms with E-state index in [-0.39, 0.29) is 29.2 Å². The van der Waals surface area contributed by atoms with Gasteiger partial charge in [-0.2, -0.15) is 0 Å². The Bertz CT molecular complexity index is 1250. The minimum absolute atomic E-state index is 0.107. The molecule has 0 unspecified atom stereocenters. The molecule has 0 aliphatic rings. The van der Waals surface area contributed by atoms with Gasteiger partial charge in [-0.25, -0.2) is 8.78 Å². The van der Waals surface area contributed by atoms with Crippen molar-refractivity contribution in [2.75, 3.05) is 0 Å². The highest BCUT2D eigenvalue weighted by atomic mass is 19.1. The van der Waals surface area contributed by atoms with Gasteiger partial charge in [0.15, 0.2) is 0 Å². The molecule has 6 heteroatoms. The van der Waals surface area contributed by atoms with Crippen LogP contribution in [0, 0.1) is 44.7 Å². The molecule has 0 aliphatic carbocycles. The standard InChI is InChI=1S/C15H21FN2.C15H18FNO/c1-8(2)13-9(3)6-7-12(15(13)16)14(10(4)17)11(5)18;1-8(2)14-9(3)6-12(7-13(14)16)15-10(4)17-18-11(15)5/h6-8,17H,18H2,1-5H3;6-8H,1-5H3/b14-11+,17-10?;. The van der Waals surface area contributed by atoms with Crippen LogP contribution in [0.25, 0.3) is 16.7 Å². The molecule has 0 spiro atoms. The first-order chi connectivity index (χ1) is 16.7. The van der Waals surface area contributed by atoms with Crippen LogP contribution in [0.1, 0.15) is 92.6 Å². The summed E-state index contributed by atoms with van der Waals surface area (Å²) in [5, 5.41) is 11.7. The summed E-state index contributed by atoms with van der Waals surface area (Å²) in [5.74, 6) is 0.610. The zero-order valence-corrected chi connectivity index (χ0v) is 23.2. The number of aromatic nitrogens is 1. The van der Waals surface area contributed by atoms with Crippen LogP contribution in [0.5, 0.6) is 0 Å². The maximum atomic E-state index is 14.6. The molecule has 4 nitrogen and oxygen atoms in total. The smallest absolute Gasteiger partial charge is 0.141 e. The maximum absolute atomic E-state index is 14.6. The summed E-state index contributed by atoms with van der Waals surface area (Å²) in [6.45, 7) is 18.8. The topological polar surface area (TPSA) is 75.9 Å². The van der Waals surface area contributed by atoms with Crippen molar-refractivity contribution in [3.05, 3.63) is 80.9 Å². The third kappa shape index (κ3) is 6.10. The van der Waals surface area contributed by atoms with Crippen LogP contribution in [0.3, 0.4) is 0 Å². The van der Waals surface area contributed by atoms with Crippen LogP contribution >= 0.6 is 0 Å². The van der Waals surface area contributed by atoms with E-state index < -0.39 is 0 Å². The second-order valence-electron chi connectivity index (χ2n) is 10.0. The normalized spacial score (nSPS) is 11.9. The number of nitrogens with two attached hydrogens (primary N) is 1. The molecule has 1 heterocycles. The molecular formula is C30H39F2N3O. The Morgan fingerprint density at radius 1 is 0.917 bits per heavy atom. The van der Waals surface area contributed by atoms with Crippen LogP contribution in [-0.4, -0.2) is 10.9 Å². The number of nitrogens with one attached hydrogen (secondary N) is 1. The van der Waals surface area contributed by atoms with Gasteiger partial charge in [0.2, 0.25) is 0 Å². The van der Waals surface area contributed by atoms with E-state index in [1.54, 1.807) is 26.0 Å². The number of hydrogen-bond donors (Lipinski definition) is 2. The van der Waals surface area contributed by atoms with Crippen molar-refractivity contribution in [1.29, 1.82) is 5.41 Å². The zero-order valence-electron chi connectivity index (χ0n) is 23.2. The van der Waals surface area contributed by atoms with Crippen LogP contribution in [0.15, 0.2) is 34.5 Å². The summed E-state index contributed by atoms with van der Waals surface area (Å²) in [5.41, 5.74) is 13.4. The molecule has 3 aromatic rings. The predicted molar refractivity (Wildman–Crippen MR) is 146 cm³/mol. The number of nitrogens with zero attached hydrogens (tertiary/aromatic N) is 1. The van der Waals surface area contributed by atoms with E-state index in [1.807, 2.05) is 67.5 Å². The van der Waals surface area contributed by atoms with E-state index in [0.717, 1.165) is 39.3 Å². The fourth-order valence-corrected chi connectivity index (χ4v) is 4.83. The fraction of sp³-hybridized carbons (Fsp3) is 0.400. The molecule has 1 aromatic heterocycles. The Hall–Kier alpha value is -3.28. The molecule has 3 rings (SSSR count). The van der Waals surface area contributed by atoms with Gasteiger partial charge in [0.25, 0.3) is 0 Å². The number of allylic oxidation sites excluding steroid dienone is 2. The van der Waals surface area contributed by atoms with E-state index >= 15 is 0 Å². The minimum atomic E-state index is -0.253. The third-order valence-electron chi connectivity index (χ3n) is 6.25. The molecule has 0 amide bonds. The van der Waals surface area contributed by atoms with E-state index in [1.165, 1.54) is 0 Å². The van der Waals surface area contributed by atoms with Gasteiger partial charge in [0.05, 0.1) is 5.69 Å². The van der Waals surface area contributed by atoms with Crippen LogP contribution in [0.4, 0.5) is 8.78 Å². The van der Waals surface area contributed by atoms with Crippen LogP contribution in [-0.2, 0) is 0 Å². The molecule has 0 atom stereocenters. The molecule has 0 aliphatic heterocycles. The lowest BCUT2D eigenvalue weighted by Crippen LogP contribution is -2.09. The minimum Gasteiger partial charge on any atom is -0.402 e. The second-order valence-corrected chi connectivity index (χ2v) is 10.0. The monoisotopic (exact) mass is 495 g/mol. The Balaban J connectivity index is 0.000000254. The first kappa shape index (κ1) is 29.0. The first-order valence-electron chi connectivity index (χ1n) is 12.2. The summed E-state index contributed by atoms with van der Waals surface area (Å²) >= 11 is 0. The summed E-state index contributed by atoms with van der Waals surface area (Å²) < 4.78 is 33.9. The molecular weight excluding hydrogens is 456 g/mol. The van der Waals surface area contributed by atoms with Crippen molar-refractivity contribution in [2.45, 2.75) is 81.1 Å². The first-order valence-corrected chi connectivity index (χ1v) is 12.2. The highest BCUT2D eigenvalue weighted by Gasteiger charge is 2.19. The molecule has 0 fully saturated rings. The van der Waals surface area contributed by atoms with Gasteiger partial charge < -0.3 is 15.7 Å². The van der Waals surface area contributed by atoms with Crippen molar-refractivity contribution in [3.63, 3.8) is 0 Å². The Morgan fingerprint density at radius 2 is 1.50 bits per heavy atom. The molecule has 0 saturated carbocycles. The highest BCUT2D eigenvalue weighted by molar-refractivity contribution is 6.21. The molecule has 2 aromatic carbocycles. The van der Waals surface area contributed by atoms with Crippen LogP contribution in [0.2, 0.25) is 0 Å². The van der Waals surface area contributed by atoms with Gasteiger partial charge in [0, 0.05) is 28.1 Å². The largest absolute Gasteiger partial charge is 0.402 e. The van der Waals surface area contributed by atoms with Gasteiger partial charge in [0.1, 0.15) is 17.4 Å². The van der Waals surface area contributed by atoms with Crippen molar-refractivity contribution >= 4 is 11.3 Å². The quantitative estimate of drug-likeness (QED) is 0.348. The van der Waals surface area contributed by atoms with Gasteiger partial charge in [-0.1, -0.05) is 51.1 Å². The van der Waals surface area contributed by atoms with E-state index in [0.29, 0.717) is 22.4 Å². The van der Waals surface area contributed by atoms with E-state index in [9.17, 15) is 8.78 Å². The molecule has 36 heavy (non-hydrogen) atoms. The third-order valence-corrected chi connectivity index (χ3v) is 6.25. The average molecular weight is 496 g/mol. The molecule has 0 bridgehead atoms. The van der Waals surface area contributed by atoms with Gasteiger partial charge in [-0.15, -0.1) is 0 Å². The Kier molecular flexibility index (Phi) is 9.36. The van der Waals surface area contributed by atoms with Gasteiger partial charge in [-0.05, 0) is 87.3 Å². The van der Waals surface area contributed by atoms with Gasteiger partial charge >= 0.3 is 0 Å². The van der Waals surface area contributed by atoms with Crippen molar-refractivity contribution < 1.29 is 13.3 Å². The van der Waals surface area contributed by atoms with Crippen molar-refractivity contribution in [3.8, 4) is 11.1 Å². The number of halogens is 2. The number of aryl methyl sites for hydroxylation is 4. The molecule has 194 valence electrons. The van der Waals surface area contributed by atoms with E-state index in [4.69, 9.17) is 15.7 Å². The highest BCUT2D eigenvalue weighted by Crippen LogP contribution is 2.32. The lowest BCUT2D eigenvalue weighted by atomic mass is 9.90. The Labute approximate surface area is 214 Å². The lowest BCUT2D eigenvalue weighted by Gasteiger charge is -2.16. The van der Waals surface area contributed by atoms with Crippen LogP contribution < -0.4 is 5.73 Å². The summed E-state index contributed by atoms with van der Waals surface area (Å²) in [7, 11) is 0. The summed E-state index contributed by atoms with van der Waals surface area (Å²) in [6, 6.07) is 7.18. The number of hydrogen-bond acceptors (Lipinski definition) is 4. The van der Waals surface area contributed by atoms with Crippen molar-refractivity contribution in [2.24, 2.45) is 5.73 Å². The molecule has 0 radical (unpaired) electrons. The Morgan fingerprint density at radius 3 is 1.92 bits per heavy atom. The van der Waals surface area contributed by atoms with Crippen molar-refractivity contribution in [1.82, 2.24) is 5.16 Å².